The van der Waals surface area contributed by atoms with Gasteiger partial charge in [0, 0.05) is 16.3 Å². The van der Waals surface area contributed by atoms with Crippen LogP contribution < -0.4 is 10.5 Å². The highest BCUT2D eigenvalue weighted by molar-refractivity contribution is 7.99. The summed E-state index contributed by atoms with van der Waals surface area (Å²) in [5.74, 6) is 0.210. The first-order valence-electron chi connectivity index (χ1n) is 7.37. The third kappa shape index (κ3) is 7.27. The van der Waals surface area contributed by atoms with Gasteiger partial charge in [-0.15, -0.1) is 11.8 Å². The molecule has 1 aromatic carbocycles. The maximum absolute atomic E-state index is 11.2. The average molecular weight is 313 g/mol. The standard InChI is InChI=1S/C14H21NO3S.C2H6/c1-3-4-5-10(14(16)17)9-19-13-8-11(18-2)6-7-12(13)15;1-2/h6-8,10H,3-5,9,15H2,1-2H3,(H,16,17);1-2H3. The monoisotopic (exact) mass is 313 g/mol. The van der Waals surface area contributed by atoms with Gasteiger partial charge in [0.25, 0.3) is 0 Å². The zero-order valence-electron chi connectivity index (χ0n) is 13.4. The van der Waals surface area contributed by atoms with E-state index in [1.165, 1.54) is 11.8 Å². The number of carboxylic acid groups (broad SMARTS) is 1. The van der Waals surface area contributed by atoms with Crippen LogP contribution in [0.3, 0.4) is 0 Å². The van der Waals surface area contributed by atoms with Gasteiger partial charge in [0.15, 0.2) is 0 Å². The molecule has 5 heteroatoms. The summed E-state index contributed by atoms with van der Waals surface area (Å²) in [6, 6.07) is 5.42. The van der Waals surface area contributed by atoms with Gasteiger partial charge in [0.1, 0.15) is 5.75 Å². The summed E-state index contributed by atoms with van der Waals surface area (Å²) in [7, 11) is 1.60. The van der Waals surface area contributed by atoms with Crippen LogP contribution in [0.1, 0.15) is 40.0 Å². The molecule has 0 aliphatic heterocycles. The number of nitrogen functional groups attached to an aromatic ring is 1. The number of rotatable bonds is 8. The van der Waals surface area contributed by atoms with Crippen molar-refractivity contribution >= 4 is 23.4 Å². The molecule has 1 unspecified atom stereocenters. The fraction of sp³-hybridized carbons (Fsp3) is 0.562. The van der Waals surface area contributed by atoms with Crippen molar-refractivity contribution in [2.75, 3.05) is 18.6 Å². The van der Waals surface area contributed by atoms with Crippen LogP contribution >= 0.6 is 11.8 Å². The molecule has 1 rings (SSSR count). The molecular formula is C16H27NO3S. The topological polar surface area (TPSA) is 72.5 Å². The highest BCUT2D eigenvalue weighted by Gasteiger charge is 2.17. The van der Waals surface area contributed by atoms with Crippen molar-refractivity contribution in [1.29, 1.82) is 0 Å². The smallest absolute Gasteiger partial charge is 0.307 e. The number of anilines is 1. The molecule has 3 N–H and O–H groups in total. The third-order valence-electron chi connectivity index (χ3n) is 2.92. The molecule has 4 nitrogen and oxygen atoms in total. The van der Waals surface area contributed by atoms with Crippen molar-refractivity contribution in [2.45, 2.75) is 44.9 Å². The van der Waals surface area contributed by atoms with E-state index in [1.807, 2.05) is 19.9 Å². The third-order valence-corrected chi connectivity index (χ3v) is 4.15. The molecule has 0 bridgehead atoms. The van der Waals surface area contributed by atoms with Crippen LogP contribution in [0.2, 0.25) is 0 Å². The van der Waals surface area contributed by atoms with E-state index in [-0.39, 0.29) is 5.92 Å². The highest BCUT2D eigenvalue weighted by Crippen LogP contribution is 2.31. The number of aliphatic carboxylic acids is 1. The Balaban J connectivity index is 0.00000191. The van der Waals surface area contributed by atoms with Crippen molar-refractivity contribution in [3.63, 3.8) is 0 Å². The van der Waals surface area contributed by atoms with Gasteiger partial charge < -0.3 is 15.6 Å². The summed E-state index contributed by atoms with van der Waals surface area (Å²) in [4.78, 5) is 12.0. The second-order valence-corrected chi connectivity index (χ2v) is 5.45. The molecule has 21 heavy (non-hydrogen) atoms. The number of hydrogen-bond donors (Lipinski definition) is 2. The van der Waals surface area contributed by atoms with E-state index in [0.29, 0.717) is 17.9 Å². The lowest BCUT2D eigenvalue weighted by Crippen LogP contribution is -2.16. The second kappa shape index (κ2) is 11.3. The van der Waals surface area contributed by atoms with E-state index < -0.39 is 5.97 Å². The lowest BCUT2D eigenvalue weighted by Gasteiger charge is -2.13. The van der Waals surface area contributed by atoms with Crippen molar-refractivity contribution in [1.82, 2.24) is 0 Å². The van der Waals surface area contributed by atoms with Crippen LogP contribution in [0.4, 0.5) is 5.69 Å². The molecular weight excluding hydrogens is 286 g/mol. The Morgan fingerprint density at radius 1 is 1.43 bits per heavy atom. The first-order chi connectivity index (χ1) is 10.1. The summed E-state index contributed by atoms with van der Waals surface area (Å²) in [5.41, 5.74) is 6.54. The Labute approximate surface area is 132 Å². The van der Waals surface area contributed by atoms with Crippen molar-refractivity contribution in [3.05, 3.63) is 18.2 Å². The number of nitrogens with two attached hydrogens (primary N) is 1. The van der Waals surface area contributed by atoms with Gasteiger partial charge in [-0.25, -0.2) is 0 Å². The molecule has 1 atom stereocenters. The summed E-state index contributed by atoms with van der Waals surface area (Å²) in [6.45, 7) is 6.06. The second-order valence-electron chi connectivity index (χ2n) is 4.39. The number of thioether (sulfide) groups is 1. The van der Waals surface area contributed by atoms with Crippen LogP contribution in [-0.4, -0.2) is 23.9 Å². The van der Waals surface area contributed by atoms with E-state index in [4.69, 9.17) is 10.5 Å². The first kappa shape index (κ1) is 19.6. The first-order valence-corrected chi connectivity index (χ1v) is 8.36. The van der Waals surface area contributed by atoms with Crippen molar-refractivity contribution < 1.29 is 14.6 Å². The molecule has 0 aliphatic rings. The molecule has 0 aliphatic carbocycles. The summed E-state index contributed by atoms with van der Waals surface area (Å²) in [5, 5.41) is 9.18. The average Bonchev–Trinajstić information content (AvgIpc) is 2.50. The largest absolute Gasteiger partial charge is 0.497 e. The van der Waals surface area contributed by atoms with Crippen molar-refractivity contribution in [2.24, 2.45) is 5.92 Å². The minimum absolute atomic E-state index is 0.324. The Morgan fingerprint density at radius 2 is 2.10 bits per heavy atom. The number of carboxylic acids is 1. The maximum atomic E-state index is 11.2. The number of methoxy groups -OCH3 is 1. The van der Waals surface area contributed by atoms with Gasteiger partial charge in [-0.2, -0.15) is 0 Å². The predicted octanol–water partition coefficient (Wildman–Crippen LogP) is 4.29. The molecule has 120 valence electrons. The Hall–Kier alpha value is -1.36. The van der Waals surface area contributed by atoms with Crippen LogP contribution in [-0.2, 0) is 4.79 Å². The maximum Gasteiger partial charge on any atom is 0.307 e. The van der Waals surface area contributed by atoms with E-state index in [1.54, 1.807) is 19.2 Å². The van der Waals surface area contributed by atoms with Crippen molar-refractivity contribution in [3.8, 4) is 5.75 Å². The lowest BCUT2D eigenvalue weighted by atomic mass is 10.1. The van der Waals surface area contributed by atoms with E-state index >= 15 is 0 Å². The number of carbonyl (C=O) groups is 1. The molecule has 0 spiro atoms. The van der Waals surface area contributed by atoms with E-state index in [9.17, 15) is 9.90 Å². The fourth-order valence-corrected chi connectivity index (χ4v) is 2.81. The molecule has 0 amide bonds. The number of benzene rings is 1. The van der Waals surface area contributed by atoms with Crippen LogP contribution in [0.25, 0.3) is 0 Å². The Kier molecular flexibility index (Phi) is 10.6. The predicted molar refractivity (Wildman–Crippen MR) is 90.1 cm³/mol. The normalized spacial score (nSPS) is 11.2. The van der Waals surface area contributed by atoms with E-state index in [0.717, 1.165) is 23.5 Å². The quantitative estimate of drug-likeness (QED) is 0.553. The molecule has 0 aromatic heterocycles. The van der Waals surface area contributed by atoms with Gasteiger partial charge in [-0.1, -0.05) is 33.6 Å². The Bertz CT molecular complexity index is 424. The SMILES string of the molecule is CC.CCCCC(CSc1cc(OC)ccc1N)C(=O)O. The van der Waals surface area contributed by atoms with Crippen LogP contribution in [0, 0.1) is 5.92 Å². The molecule has 0 saturated carbocycles. The molecule has 0 heterocycles. The van der Waals surface area contributed by atoms with Crippen LogP contribution in [0.15, 0.2) is 23.1 Å². The lowest BCUT2D eigenvalue weighted by molar-refractivity contribution is -0.141. The minimum Gasteiger partial charge on any atom is -0.497 e. The number of unbranched alkanes of at least 4 members (excludes halogenated alkanes) is 1. The van der Waals surface area contributed by atoms with Gasteiger partial charge >= 0.3 is 5.97 Å². The highest BCUT2D eigenvalue weighted by atomic mass is 32.2. The minimum atomic E-state index is -0.734. The van der Waals surface area contributed by atoms with Crippen LogP contribution in [0.5, 0.6) is 5.75 Å². The summed E-state index contributed by atoms with van der Waals surface area (Å²) in [6.07, 6.45) is 2.66. The Morgan fingerprint density at radius 3 is 2.62 bits per heavy atom. The molecule has 1 aromatic rings. The summed E-state index contributed by atoms with van der Waals surface area (Å²) >= 11 is 1.48. The molecule has 0 radical (unpaired) electrons. The number of ether oxygens (including phenoxy) is 1. The van der Waals surface area contributed by atoms with E-state index in [2.05, 4.69) is 6.92 Å². The van der Waals surface area contributed by atoms with Gasteiger partial charge in [0.2, 0.25) is 0 Å². The number of hydrogen-bond acceptors (Lipinski definition) is 4. The fourth-order valence-electron chi connectivity index (χ4n) is 1.69. The van der Waals surface area contributed by atoms with Gasteiger partial charge in [0.05, 0.1) is 13.0 Å². The zero-order valence-corrected chi connectivity index (χ0v) is 14.2. The molecule has 0 saturated heterocycles. The summed E-state index contributed by atoms with van der Waals surface area (Å²) < 4.78 is 5.14. The van der Waals surface area contributed by atoms with Gasteiger partial charge in [-0.3, -0.25) is 4.79 Å². The molecule has 0 fully saturated rings. The van der Waals surface area contributed by atoms with Gasteiger partial charge in [-0.05, 0) is 24.6 Å². The zero-order chi connectivity index (χ0) is 16.3.